The maximum atomic E-state index is 13.2. The molecule has 0 radical (unpaired) electrons. The van der Waals surface area contributed by atoms with Crippen molar-refractivity contribution in [2.45, 2.75) is 58.0 Å². The predicted molar refractivity (Wildman–Crippen MR) is 81.6 cm³/mol. The lowest BCUT2D eigenvalue weighted by Crippen LogP contribution is -2.33. The molecule has 0 unspecified atom stereocenters. The fourth-order valence-electron chi connectivity index (χ4n) is 2.93. The number of rotatable bonds is 4. The van der Waals surface area contributed by atoms with Crippen LogP contribution in [0.25, 0.3) is 0 Å². The Labute approximate surface area is 124 Å². The SMILES string of the molecule is C[C@@H](NCc1cc(F)ccc1Br)C1CCCCCC1. The van der Waals surface area contributed by atoms with E-state index in [1.807, 2.05) is 0 Å². The molecule has 0 heterocycles. The molecule has 0 saturated heterocycles. The molecule has 1 saturated carbocycles. The van der Waals surface area contributed by atoms with E-state index >= 15 is 0 Å². The van der Waals surface area contributed by atoms with Crippen LogP contribution in [0.4, 0.5) is 4.39 Å². The van der Waals surface area contributed by atoms with Gasteiger partial charge in [0.2, 0.25) is 0 Å². The minimum atomic E-state index is -0.165. The molecular formula is C16H23BrFN. The average Bonchev–Trinajstić information content (AvgIpc) is 2.68. The van der Waals surface area contributed by atoms with E-state index in [2.05, 4.69) is 28.2 Å². The molecule has 106 valence electrons. The highest BCUT2D eigenvalue weighted by atomic mass is 79.9. The van der Waals surface area contributed by atoms with Crippen LogP contribution < -0.4 is 5.32 Å². The summed E-state index contributed by atoms with van der Waals surface area (Å²) in [5.74, 6) is 0.608. The Hall–Kier alpha value is -0.410. The maximum Gasteiger partial charge on any atom is 0.123 e. The van der Waals surface area contributed by atoms with E-state index in [1.165, 1.54) is 44.6 Å². The van der Waals surface area contributed by atoms with Gasteiger partial charge in [-0.05, 0) is 49.4 Å². The second-order valence-electron chi connectivity index (χ2n) is 5.66. The van der Waals surface area contributed by atoms with Gasteiger partial charge in [0.05, 0.1) is 0 Å². The van der Waals surface area contributed by atoms with Crippen LogP contribution in [0.3, 0.4) is 0 Å². The third-order valence-corrected chi connectivity index (χ3v) is 5.00. The van der Waals surface area contributed by atoms with E-state index in [0.29, 0.717) is 6.04 Å². The predicted octanol–water partition coefficient (Wildman–Crippen LogP) is 5.04. The highest BCUT2D eigenvalue weighted by Gasteiger charge is 2.18. The van der Waals surface area contributed by atoms with Gasteiger partial charge in [0.15, 0.2) is 0 Å². The molecule has 1 atom stereocenters. The van der Waals surface area contributed by atoms with Crippen LogP contribution in [0.1, 0.15) is 51.0 Å². The summed E-state index contributed by atoms with van der Waals surface area (Å²) in [6, 6.07) is 5.38. The first kappa shape index (κ1) is 15.0. The molecule has 0 aliphatic heterocycles. The Bertz CT molecular complexity index is 400. The van der Waals surface area contributed by atoms with Crippen molar-refractivity contribution in [3.63, 3.8) is 0 Å². The molecule has 19 heavy (non-hydrogen) atoms. The largest absolute Gasteiger partial charge is 0.310 e. The lowest BCUT2D eigenvalue weighted by atomic mass is 9.93. The van der Waals surface area contributed by atoms with Crippen LogP contribution >= 0.6 is 15.9 Å². The van der Waals surface area contributed by atoms with Gasteiger partial charge in [0.25, 0.3) is 0 Å². The summed E-state index contributed by atoms with van der Waals surface area (Å²) in [4.78, 5) is 0. The third kappa shape index (κ3) is 4.57. The lowest BCUT2D eigenvalue weighted by Gasteiger charge is -2.24. The van der Waals surface area contributed by atoms with E-state index in [-0.39, 0.29) is 5.82 Å². The zero-order valence-electron chi connectivity index (χ0n) is 11.6. The Morgan fingerprint density at radius 3 is 2.63 bits per heavy atom. The van der Waals surface area contributed by atoms with Crippen LogP contribution in [0.15, 0.2) is 22.7 Å². The van der Waals surface area contributed by atoms with Crippen molar-refractivity contribution in [3.05, 3.63) is 34.1 Å². The summed E-state index contributed by atoms with van der Waals surface area (Å²) in [6.45, 7) is 3.00. The van der Waals surface area contributed by atoms with Crippen molar-refractivity contribution in [2.75, 3.05) is 0 Å². The van der Waals surface area contributed by atoms with Crippen molar-refractivity contribution in [2.24, 2.45) is 5.92 Å². The number of benzene rings is 1. The van der Waals surface area contributed by atoms with E-state index in [4.69, 9.17) is 0 Å². The molecule has 1 fully saturated rings. The van der Waals surface area contributed by atoms with Gasteiger partial charge in [0.1, 0.15) is 5.82 Å². The van der Waals surface area contributed by atoms with E-state index in [9.17, 15) is 4.39 Å². The molecule has 1 aliphatic rings. The molecule has 1 aromatic rings. The van der Waals surface area contributed by atoms with E-state index in [0.717, 1.165) is 22.5 Å². The maximum absolute atomic E-state index is 13.2. The summed E-state index contributed by atoms with van der Waals surface area (Å²) < 4.78 is 14.2. The van der Waals surface area contributed by atoms with Gasteiger partial charge in [-0.1, -0.05) is 41.6 Å². The Kier molecular flexibility index (Phi) is 5.83. The van der Waals surface area contributed by atoms with Gasteiger partial charge in [-0.3, -0.25) is 0 Å². The molecule has 2 rings (SSSR count). The molecule has 1 nitrogen and oxygen atoms in total. The molecule has 0 bridgehead atoms. The molecule has 0 amide bonds. The van der Waals surface area contributed by atoms with Crippen molar-refractivity contribution in [1.82, 2.24) is 5.32 Å². The minimum absolute atomic E-state index is 0.165. The number of halogens is 2. The third-order valence-electron chi connectivity index (χ3n) is 4.23. The first-order valence-electron chi connectivity index (χ1n) is 7.34. The van der Waals surface area contributed by atoms with Crippen molar-refractivity contribution >= 4 is 15.9 Å². The van der Waals surface area contributed by atoms with Crippen molar-refractivity contribution in [3.8, 4) is 0 Å². The minimum Gasteiger partial charge on any atom is -0.310 e. The highest BCUT2D eigenvalue weighted by Crippen LogP contribution is 2.26. The summed E-state index contributed by atoms with van der Waals surface area (Å²) in [7, 11) is 0. The Balaban J connectivity index is 1.88. The summed E-state index contributed by atoms with van der Waals surface area (Å²) >= 11 is 3.48. The fraction of sp³-hybridized carbons (Fsp3) is 0.625. The molecule has 0 aromatic heterocycles. The topological polar surface area (TPSA) is 12.0 Å². The molecule has 3 heteroatoms. The zero-order valence-corrected chi connectivity index (χ0v) is 13.2. The van der Waals surface area contributed by atoms with Gasteiger partial charge in [0, 0.05) is 17.1 Å². The second kappa shape index (κ2) is 7.39. The zero-order chi connectivity index (χ0) is 13.7. The van der Waals surface area contributed by atoms with Crippen LogP contribution in [-0.4, -0.2) is 6.04 Å². The molecule has 1 aromatic carbocycles. The van der Waals surface area contributed by atoms with Crippen LogP contribution in [0.2, 0.25) is 0 Å². The van der Waals surface area contributed by atoms with E-state index < -0.39 is 0 Å². The van der Waals surface area contributed by atoms with E-state index in [1.54, 1.807) is 12.1 Å². The molecule has 1 N–H and O–H groups in total. The summed E-state index contributed by atoms with van der Waals surface area (Å²) in [5.41, 5.74) is 1.00. The summed E-state index contributed by atoms with van der Waals surface area (Å²) in [5, 5.41) is 3.57. The van der Waals surface area contributed by atoms with Crippen LogP contribution in [-0.2, 0) is 6.54 Å². The first-order chi connectivity index (χ1) is 9.16. The molecule has 1 aliphatic carbocycles. The standard InChI is InChI=1S/C16H23BrFN/c1-12(13-6-4-2-3-5-7-13)19-11-14-10-15(18)8-9-16(14)17/h8-10,12-13,19H,2-7,11H2,1H3/t12-/m1/s1. The number of hydrogen-bond acceptors (Lipinski definition) is 1. The quantitative estimate of drug-likeness (QED) is 0.764. The van der Waals surface area contributed by atoms with Crippen molar-refractivity contribution < 1.29 is 4.39 Å². The van der Waals surface area contributed by atoms with Gasteiger partial charge in [-0.15, -0.1) is 0 Å². The Morgan fingerprint density at radius 1 is 1.26 bits per heavy atom. The second-order valence-corrected chi connectivity index (χ2v) is 6.51. The normalized spacial score (nSPS) is 19.1. The smallest absolute Gasteiger partial charge is 0.123 e. The fourth-order valence-corrected chi connectivity index (χ4v) is 3.31. The number of nitrogens with one attached hydrogen (secondary N) is 1. The Morgan fingerprint density at radius 2 is 1.95 bits per heavy atom. The molecular weight excluding hydrogens is 305 g/mol. The average molecular weight is 328 g/mol. The van der Waals surface area contributed by atoms with Crippen LogP contribution in [0.5, 0.6) is 0 Å². The van der Waals surface area contributed by atoms with Gasteiger partial charge >= 0.3 is 0 Å². The monoisotopic (exact) mass is 327 g/mol. The highest BCUT2D eigenvalue weighted by molar-refractivity contribution is 9.10. The van der Waals surface area contributed by atoms with Gasteiger partial charge < -0.3 is 5.32 Å². The van der Waals surface area contributed by atoms with Gasteiger partial charge in [-0.2, -0.15) is 0 Å². The molecule has 0 spiro atoms. The number of hydrogen-bond donors (Lipinski definition) is 1. The van der Waals surface area contributed by atoms with Gasteiger partial charge in [-0.25, -0.2) is 4.39 Å². The lowest BCUT2D eigenvalue weighted by molar-refractivity contribution is 0.336. The summed E-state index contributed by atoms with van der Waals surface area (Å²) in [6.07, 6.45) is 8.16. The first-order valence-corrected chi connectivity index (χ1v) is 8.13. The van der Waals surface area contributed by atoms with Crippen molar-refractivity contribution in [1.29, 1.82) is 0 Å². The van der Waals surface area contributed by atoms with Crippen LogP contribution in [0, 0.1) is 11.7 Å².